The number of rotatable bonds is 0. The van der Waals surface area contributed by atoms with Crippen LogP contribution in [0.1, 0.15) is 11.1 Å². The van der Waals surface area contributed by atoms with Gasteiger partial charge in [-0.1, -0.05) is 29.8 Å². The smallest absolute Gasteiger partial charge is 0.190 e. The van der Waals surface area contributed by atoms with Crippen molar-refractivity contribution in [2.75, 3.05) is 0 Å². The Balaban J connectivity index is 2.32. The van der Waals surface area contributed by atoms with Crippen LogP contribution in [0.25, 0.3) is 31.6 Å². The lowest BCUT2D eigenvalue weighted by Crippen LogP contribution is -2.09. The molecule has 0 N–H and O–H groups in total. The number of benzene rings is 3. The fraction of sp³-hybridized carbons (Fsp3) is 0.111. The third-order valence-electron chi connectivity index (χ3n) is 3.88. The van der Waals surface area contributed by atoms with Crippen molar-refractivity contribution in [2.24, 2.45) is 0 Å². The molecule has 1 heterocycles. The van der Waals surface area contributed by atoms with E-state index >= 15 is 0 Å². The molecule has 4 rings (SSSR count). The van der Waals surface area contributed by atoms with Crippen molar-refractivity contribution in [3.8, 4) is 10.6 Å². The maximum Gasteiger partial charge on any atom is 0.190 e. The quantitative estimate of drug-likeness (QED) is 0.352. The largest absolute Gasteiger partial charge is 0.289 e. The first kappa shape index (κ1) is 12.5. The van der Waals surface area contributed by atoms with Crippen molar-refractivity contribution in [2.45, 2.75) is 13.8 Å². The topological polar surface area (TPSA) is 30.0 Å². The molecule has 102 valence electrons. The third-order valence-corrected chi connectivity index (χ3v) is 5.15. The van der Waals surface area contributed by atoms with Gasteiger partial charge >= 0.3 is 0 Å². The van der Waals surface area contributed by atoms with Gasteiger partial charge in [-0.25, -0.2) is 4.98 Å². The summed E-state index contributed by atoms with van der Waals surface area (Å²) < 4.78 is 1.11. The molecule has 3 heteroatoms. The van der Waals surface area contributed by atoms with Crippen LogP contribution >= 0.6 is 11.3 Å². The molecule has 0 unspecified atom stereocenters. The average Bonchev–Trinajstić information content (AvgIpc) is 2.51. The number of hydrogen-bond acceptors (Lipinski definition) is 3. The first-order chi connectivity index (χ1) is 10.1. The van der Waals surface area contributed by atoms with Gasteiger partial charge in [-0.3, -0.25) is 4.79 Å². The van der Waals surface area contributed by atoms with Crippen LogP contribution in [0.5, 0.6) is 0 Å². The number of nitrogens with zero attached hydrogens (tertiary/aromatic N) is 1. The second kappa shape index (κ2) is 4.37. The molecule has 2 aromatic rings. The molecule has 2 aromatic carbocycles. The summed E-state index contributed by atoms with van der Waals surface area (Å²) in [5.41, 5.74) is 3.98. The minimum Gasteiger partial charge on any atom is -0.289 e. The lowest BCUT2D eigenvalue weighted by molar-refractivity contribution is 1.37. The van der Waals surface area contributed by atoms with Crippen LogP contribution in [0.3, 0.4) is 0 Å². The zero-order valence-electron chi connectivity index (χ0n) is 11.8. The van der Waals surface area contributed by atoms with Crippen molar-refractivity contribution in [1.82, 2.24) is 4.98 Å². The molecule has 0 aromatic heterocycles. The Morgan fingerprint density at radius 3 is 2.67 bits per heavy atom. The van der Waals surface area contributed by atoms with Crippen molar-refractivity contribution in [3.63, 3.8) is 0 Å². The molecule has 0 atom stereocenters. The number of fused-ring (bicyclic) bond motifs is 4. The predicted molar refractivity (Wildman–Crippen MR) is 89.5 cm³/mol. The molecule has 1 aliphatic heterocycles. The summed E-state index contributed by atoms with van der Waals surface area (Å²) in [4.78, 5) is 18.4. The van der Waals surface area contributed by atoms with Crippen LogP contribution in [-0.2, 0) is 0 Å². The van der Waals surface area contributed by atoms with Gasteiger partial charge in [0.15, 0.2) is 5.43 Å². The van der Waals surface area contributed by atoms with Gasteiger partial charge in [-0.15, -0.1) is 11.3 Å². The van der Waals surface area contributed by atoms with E-state index in [1.54, 1.807) is 11.3 Å². The molecule has 1 aliphatic carbocycles. The zero-order valence-corrected chi connectivity index (χ0v) is 12.6. The molecular weight excluding hydrogens is 278 g/mol. The van der Waals surface area contributed by atoms with E-state index in [9.17, 15) is 4.79 Å². The summed E-state index contributed by atoms with van der Waals surface area (Å²) in [7, 11) is 0. The Morgan fingerprint density at radius 1 is 1.00 bits per heavy atom. The van der Waals surface area contributed by atoms with E-state index < -0.39 is 0 Å². The second-order valence-corrected chi connectivity index (χ2v) is 6.41. The molecular formula is C18H13NOS. The van der Waals surface area contributed by atoms with Gasteiger partial charge in [0.1, 0.15) is 0 Å². The Hall–Kier alpha value is -2.26. The van der Waals surface area contributed by atoms with Crippen LogP contribution in [0.15, 0.2) is 47.3 Å². The maximum atomic E-state index is 12.6. The van der Waals surface area contributed by atoms with Gasteiger partial charge in [0.2, 0.25) is 0 Å². The molecule has 21 heavy (non-hydrogen) atoms. The van der Waals surface area contributed by atoms with E-state index in [0.29, 0.717) is 0 Å². The molecule has 2 nitrogen and oxygen atoms in total. The highest BCUT2D eigenvalue weighted by Gasteiger charge is 2.17. The first-order valence-electron chi connectivity index (χ1n) is 6.87. The van der Waals surface area contributed by atoms with E-state index in [2.05, 4.69) is 12.1 Å². The van der Waals surface area contributed by atoms with Gasteiger partial charge < -0.3 is 0 Å². The van der Waals surface area contributed by atoms with Crippen LogP contribution in [-0.4, -0.2) is 4.98 Å². The summed E-state index contributed by atoms with van der Waals surface area (Å²) in [6.45, 7) is 3.94. The summed E-state index contributed by atoms with van der Waals surface area (Å²) in [6.07, 6.45) is 0. The highest BCUT2D eigenvalue weighted by molar-refractivity contribution is 7.21. The highest BCUT2D eigenvalue weighted by atomic mass is 32.1. The van der Waals surface area contributed by atoms with Crippen molar-refractivity contribution >= 4 is 32.3 Å². The Kier molecular flexibility index (Phi) is 2.59. The predicted octanol–water partition coefficient (Wildman–Crippen LogP) is 4.53. The van der Waals surface area contributed by atoms with E-state index in [1.165, 1.54) is 0 Å². The van der Waals surface area contributed by atoms with Crippen molar-refractivity contribution in [3.05, 3.63) is 63.8 Å². The van der Waals surface area contributed by atoms with E-state index in [0.717, 1.165) is 42.7 Å². The normalized spacial score (nSPS) is 11.5. The van der Waals surface area contributed by atoms with E-state index in [1.807, 2.05) is 44.2 Å². The minimum atomic E-state index is 0.117. The fourth-order valence-electron chi connectivity index (χ4n) is 2.76. The minimum absolute atomic E-state index is 0.117. The molecule has 2 aliphatic rings. The lowest BCUT2D eigenvalue weighted by Gasteiger charge is -2.12. The number of aromatic nitrogens is 1. The zero-order chi connectivity index (χ0) is 14.6. The third kappa shape index (κ3) is 1.78. The Labute approximate surface area is 126 Å². The molecule has 0 saturated heterocycles. The van der Waals surface area contributed by atoms with Crippen LogP contribution in [0.2, 0.25) is 0 Å². The SMILES string of the molecule is Cc1ccc2c(=O)c(C)c3sc4ccccc4nc-3c2c1. The lowest BCUT2D eigenvalue weighted by atomic mass is 10.00. The molecule has 0 saturated carbocycles. The average molecular weight is 291 g/mol. The Morgan fingerprint density at radius 2 is 1.81 bits per heavy atom. The van der Waals surface area contributed by atoms with Crippen LogP contribution in [0.4, 0.5) is 0 Å². The highest BCUT2D eigenvalue weighted by Crippen LogP contribution is 2.36. The van der Waals surface area contributed by atoms with Gasteiger partial charge in [-0.2, -0.15) is 0 Å². The van der Waals surface area contributed by atoms with Crippen LogP contribution < -0.4 is 5.43 Å². The molecule has 0 fully saturated rings. The van der Waals surface area contributed by atoms with Gasteiger partial charge in [-0.05, 0) is 32.0 Å². The number of aryl methyl sites for hydroxylation is 1. The maximum absolute atomic E-state index is 12.6. The molecule has 0 radical (unpaired) electrons. The van der Waals surface area contributed by atoms with Crippen molar-refractivity contribution in [1.29, 1.82) is 0 Å². The monoisotopic (exact) mass is 291 g/mol. The molecule has 0 spiro atoms. The standard InChI is InChI=1S/C18H13NOS/c1-10-7-8-12-13(9-10)16-18(11(2)17(12)20)21-15-6-4-3-5-14(15)19-16/h3-9H,1-2H3. The van der Waals surface area contributed by atoms with Gasteiger partial charge in [0, 0.05) is 16.3 Å². The summed E-state index contributed by atoms with van der Waals surface area (Å²) in [5, 5.41) is 1.73. The second-order valence-electron chi connectivity index (χ2n) is 5.36. The molecule has 0 amide bonds. The fourth-order valence-corrected chi connectivity index (χ4v) is 3.84. The Bertz CT molecular complexity index is 1030. The summed E-state index contributed by atoms with van der Waals surface area (Å²) >= 11 is 1.65. The molecule has 0 bridgehead atoms. The number of para-hydroxylation sites is 1. The first-order valence-corrected chi connectivity index (χ1v) is 7.69. The summed E-state index contributed by atoms with van der Waals surface area (Å²) in [5.74, 6) is 0. The van der Waals surface area contributed by atoms with Crippen LogP contribution in [0, 0.1) is 13.8 Å². The van der Waals surface area contributed by atoms with Crippen molar-refractivity contribution < 1.29 is 0 Å². The summed E-state index contributed by atoms with van der Waals surface area (Å²) in [6, 6.07) is 14.0. The van der Waals surface area contributed by atoms with Gasteiger partial charge in [0.25, 0.3) is 0 Å². The van der Waals surface area contributed by atoms with Gasteiger partial charge in [0.05, 0.1) is 20.8 Å². The number of hydrogen-bond donors (Lipinski definition) is 0. The van der Waals surface area contributed by atoms with E-state index in [-0.39, 0.29) is 5.43 Å². The van der Waals surface area contributed by atoms with E-state index in [4.69, 9.17) is 4.98 Å².